The highest BCUT2D eigenvalue weighted by Gasteiger charge is 2.08. The van der Waals surface area contributed by atoms with Crippen molar-refractivity contribution in [1.82, 2.24) is 9.97 Å². The zero-order valence-corrected chi connectivity index (χ0v) is 11.8. The molecule has 5 nitrogen and oxygen atoms in total. The lowest BCUT2D eigenvalue weighted by Crippen LogP contribution is -2.19. The second-order valence-corrected chi connectivity index (χ2v) is 4.28. The topological polar surface area (TPSA) is 59.1 Å². The van der Waals surface area contributed by atoms with Gasteiger partial charge in [-0.25, -0.2) is 9.97 Å². The van der Waals surface area contributed by atoms with E-state index in [2.05, 4.69) is 34.4 Å². The predicted octanol–water partition coefficient (Wildman–Crippen LogP) is 2.66. The summed E-state index contributed by atoms with van der Waals surface area (Å²) in [6.07, 6.45) is 3.40. The first kappa shape index (κ1) is 14.7. The fourth-order valence-electron chi connectivity index (χ4n) is 1.83. The van der Waals surface area contributed by atoms with E-state index < -0.39 is 0 Å². The summed E-state index contributed by atoms with van der Waals surface area (Å²) >= 11 is 0. The van der Waals surface area contributed by atoms with Gasteiger partial charge in [0.25, 0.3) is 0 Å². The van der Waals surface area contributed by atoms with Gasteiger partial charge >= 0.3 is 0 Å². The fraction of sp³-hybridized carbons (Fsp3) is 0.692. The molecule has 0 aliphatic heterocycles. The van der Waals surface area contributed by atoms with E-state index in [9.17, 15) is 0 Å². The van der Waals surface area contributed by atoms with Crippen LogP contribution in [0.4, 0.5) is 11.6 Å². The minimum atomic E-state index is 0.425. The summed E-state index contributed by atoms with van der Waals surface area (Å²) in [5.41, 5.74) is 0. The highest BCUT2D eigenvalue weighted by Crippen LogP contribution is 2.15. The number of hydrogen-bond donors (Lipinski definition) is 2. The van der Waals surface area contributed by atoms with E-state index >= 15 is 0 Å². The fourth-order valence-corrected chi connectivity index (χ4v) is 1.83. The molecule has 1 unspecified atom stereocenters. The Morgan fingerprint density at radius 2 is 2.00 bits per heavy atom. The number of methoxy groups -OCH3 is 1. The number of ether oxygens (including phenoxy) is 1. The molecule has 0 saturated heterocycles. The third-order valence-corrected chi connectivity index (χ3v) is 2.78. The van der Waals surface area contributed by atoms with E-state index in [-0.39, 0.29) is 0 Å². The van der Waals surface area contributed by atoms with Crippen LogP contribution in [0.1, 0.15) is 38.9 Å². The van der Waals surface area contributed by atoms with Crippen LogP contribution in [0, 0.1) is 0 Å². The highest BCUT2D eigenvalue weighted by atomic mass is 16.5. The van der Waals surface area contributed by atoms with Gasteiger partial charge in [-0.3, -0.25) is 0 Å². The van der Waals surface area contributed by atoms with Crippen molar-refractivity contribution < 1.29 is 4.74 Å². The quantitative estimate of drug-likeness (QED) is 0.745. The van der Waals surface area contributed by atoms with E-state index in [1.165, 1.54) is 6.42 Å². The number of aromatic nitrogens is 2. The normalized spacial score (nSPS) is 12.2. The van der Waals surface area contributed by atoms with Crippen molar-refractivity contribution in [2.75, 3.05) is 24.8 Å². The van der Waals surface area contributed by atoms with Gasteiger partial charge in [0, 0.05) is 26.3 Å². The first-order chi connectivity index (χ1) is 8.73. The molecule has 0 aliphatic rings. The molecule has 1 rings (SSSR count). The van der Waals surface area contributed by atoms with E-state index in [0.29, 0.717) is 18.5 Å². The van der Waals surface area contributed by atoms with Crippen LogP contribution >= 0.6 is 0 Å². The summed E-state index contributed by atoms with van der Waals surface area (Å²) in [6, 6.07) is 2.39. The zero-order valence-electron chi connectivity index (χ0n) is 11.8. The van der Waals surface area contributed by atoms with Crippen molar-refractivity contribution in [2.45, 2.75) is 45.8 Å². The molecule has 102 valence electrons. The monoisotopic (exact) mass is 252 g/mol. The van der Waals surface area contributed by atoms with Crippen LogP contribution in [0.3, 0.4) is 0 Å². The molecule has 18 heavy (non-hydrogen) atoms. The van der Waals surface area contributed by atoms with E-state index in [4.69, 9.17) is 4.74 Å². The second kappa shape index (κ2) is 7.87. The third-order valence-electron chi connectivity index (χ3n) is 2.78. The number of rotatable bonds is 8. The second-order valence-electron chi connectivity index (χ2n) is 4.28. The Balaban J connectivity index is 2.82. The minimum Gasteiger partial charge on any atom is -0.377 e. The van der Waals surface area contributed by atoms with Gasteiger partial charge in [0.2, 0.25) is 0 Å². The van der Waals surface area contributed by atoms with Gasteiger partial charge in [0.15, 0.2) is 5.82 Å². The zero-order chi connectivity index (χ0) is 13.4. The molecule has 2 N–H and O–H groups in total. The summed E-state index contributed by atoms with van der Waals surface area (Å²) in [5.74, 6) is 2.37. The lowest BCUT2D eigenvalue weighted by Gasteiger charge is -2.17. The largest absolute Gasteiger partial charge is 0.377 e. The molecule has 0 amide bonds. The lowest BCUT2D eigenvalue weighted by molar-refractivity contribution is 0.178. The maximum atomic E-state index is 5.08. The summed E-state index contributed by atoms with van der Waals surface area (Å²) < 4.78 is 5.08. The molecule has 0 fully saturated rings. The van der Waals surface area contributed by atoms with Crippen molar-refractivity contribution in [2.24, 2.45) is 0 Å². The third kappa shape index (κ3) is 4.49. The predicted molar refractivity (Wildman–Crippen MR) is 74.9 cm³/mol. The van der Waals surface area contributed by atoms with Crippen LogP contribution in [-0.4, -0.2) is 30.2 Å². The number of hydrogen-bond acceptors (Lipinski definition) is 5. The van der Waals surface area contributed by atoms with Crippen LogP contribution in [0.15, 0.2) is 6.07 Å². The van der Waals surface area contributed by atoms with E-state index in [1.807, 2.05) is 13.1 Å². The van der Waals surface area contributed by atoms with Gasteiger partial charge in [-0.15, -0.1) is 0 Å². The van der Waals surface area contributed by atoms with E-state index in [0.717, 1.165) is 24.5 Å². The Morgan fingerprint density at radius 1 is 1.28 bits per heavy atom. The van der Waals surface area contributed by atoms with Crippen molar-refractivity contribution in [3.8, 4) is 0 Å². The minimum absolute atomic E-state index is 0.425. The van der Waals surface area contributed by atoms with Crippen LogP contribution in [-0.2, 0) is 11.3 Å². The molecule has 0 aliphatic carbocycles. The summed E-state index contributed by atoms with van der Waals surface area (Å²) in [5, 5.41) is 6.50. The summed E-state index contributed by atoms with van der Waals surface area (Å²) in [4.78, 5) is 8.79. The van der Waals surface area contributed by atoms with Crippen molar-refractivity contribution in [3.05, 3.63) is 11.9 Å². The first-order valence-corrected chi connectivity index (χ1v) is 6.54. The maximum Gasteiger partial charge on any atom is 0.158 e. The molecule has 1 atom stereocenters. The van der Waals surface area contributed by atoms with Gasteiger partial charge in [-0.2, -0.15) is 0 Å². The van der Waals surface area contributed by atoms with E-state index in [1.54, 1.807) is 7.11 Å². The van der Waals surface area contributed by atoms with Crippen LogP contribution in [0.25, 0.3) is 0 Å². The molecule has 0 aromatic carbocycles. The first-order valence-electron chi connectivity index (χ1n) is 6.54. The Labute approximate surface area is 109 Å². The van der Waals surface area contributed by atoms with Crippen LogP contribution < -0.4 is 10.6 Å². The highest BCUT2D eigenvalue weighted by molar-refractivity contribution is 5.47. The average Bonchev–Trinajstić information content (AvgIpc) is 2.38. The van der Waals surface area contributed by atoms with Gasteiger partial charge in [0.05, 0.1) is 0 Å². The Bertz CT molecular complexity index is 357. The molecule has 1 aromatic heterocycles. The van der Waals surface area contributed by atoms with Crippen molar-refractivity contribution in [1.29, 1.82) is 0 Å². The molecule has 0 radical (unpaired) electrons. The number of nitrogens with zero attached hydrogens (tertiary/aromatic N) is 2. The molecular formula is C13H24N4O. The molecular weight excluding hydrogens is 228 g/mol. The standard InChI is InChI=1S/C13H24N4O/c1-5-7-10(6-2)15-12-8-11(14-3)16-13(17-12)9-18-4/h8,10H,5-7,9H2,1-4H3,(H2,14,15,16,17). The van der Waals surface area contributed by atoms with Crippen molar-refractivity contribution in [3.63, 3.8) is 0 Å². The number of anilines is 2. The molecule has 0 bridgehead atoms. The molecule has 1 heterocycles. The molecule has 5 heteroatoms. The Morgan fingerprint density at radius 3 is 2.56 bits per heavy atom. The van der Waals surface area contributed by atoms with Gasteiger partial charge in [0.1, 0.15) is 18.2 Å². The Hall–Kier alpha value is -1.36. The average molecular weight is 252 g/mol. The molecule has 0 spiro atoms. The number of nitrogens with one attached hydrogen (secondary N) is 2. The molecule has 0 saturated carbocycles. The van der Waals surface area contributed by atoms with Crippen LogP contribution in [0.2, 0.25) is 0 Å². The molecule has 1 aromatic rings. The summed E-state index contributed by atoms with van der Waals surface area (Å²) in [6.45, 7) is 4.80. The lowest BCUT2D eigenvalue weighted by atomic mass is 10.1. The van der Waals surface area contributed by atoms with Crippen LogP contribution in [0.5, 0.6) is 0 Å². The summed E-state index contributed by atoms with van der Waals surface area (Å²) in [7, 11) is 3.50. The van der Waals surface area contributed by atoms with Crippen molar-refractivity contribution >= 4 is 11.6 Å². The smallest absolute Gasteiger partial charge is 0.158 e. The van der Waals surface area contributed by atoms with Gasteiger partial charge in [-0.05, 0) is 12.8 Å². The Kier molecular flexibility index (Phi) is 6.43. The van der Waals surface area contributed by atoms with Gasteiger partial charge in [-0.1, -0.05) is 20.3 Å². The van der Waals surface area contributed by atoms with Gasteiger partial charge < -0.3 is 15.4 Å². The SMILES string of the molecule is CCCC(CC)Nc1cc(NC)nc(COC)n1. The maximum absolute atomic E-state index is 5.08.